The van der Waals surface area contributed by atoms with Gasteiger partial charge in [0.1, 0.15) is 17.5 Å². The van der Waals surface area contributed by atoms with Crippen LogP contribution in [0, 0.1) is 11.6 Å². The maximum atomic E-state index is 13.5. The molecule has 2 rings (SSSR count). The van der Waals surface area contributed by atoms with Crippen LogP contribution in [0.4, 0.5) is 14.6 Å². The van der Waals surface area contributed by atoms with E-state index in [1.54, 1.807) is 25.2 Å². The number of benzene rings is 1. The molecule has 0 aliphatic carbocycles. The summed E-state index contributed by atoms with van der Waals surface area (Å²) in [5, 5.41) is 2.84. The fourth-order valence-electron chi connectivity index (χ4n) is 1.42. The van der Waals surface area contributed by atoms with E-state index < -0.39 is 11.6 Å². The van der Waals surface area contributed by atoms with Crippen molar-refractivity contribution in [3.63, 3.8) is 0 Å². The van der Waals surface area contributed by atoms with Crippen molar-refractivity contribution in [2.75, 3.05) is 12.4 Å². The maximum absolute atomic E-state index is 13.5. The van der Waals surface area contributed by atoms with E-state index in [1.807, 2.05) is 0 Å². The molecule has 2 nitrogen and oxygen atoms in total. The van der Waals surface area contributed by atoms with Crippen LogP contribution in [-0.4, -0.2) is 12.0 Å². The molecular formula is C12H10F2N2. The monoisotopic (exact) mass is 220 g/mol. The summed E-state index contributed by atoms with van der Waals surface area (Å²) in [5.74, 6) is -0.351. The van der Waals surface area contributed by atoms with Crippen LogP contribution in [0.1, 0.15) is 0 Å². The molecule has 0 spiro atoms. The molecule has 82 valence electrons. The lowest BCUT2D eigenvalue weighted by molar-refractivity contribution is 0.602. The van der Waals surface area contributed by atoms with Gasteiger partial charge in [-0.3, -0.25) is 0 Å². The highest BCUT2D eigenvalue weighted by Gasteiger charge is 2.07. The Hall–Kier alpha value is -1.97. The molecule has 0 aliphatic heterocycles. The lowest BCUT2D eigenvalue weighted by atomic mass is 10.1. The predicted molar refractivity (Wildman–Crippen MR) is 59.1 cm³/mol. The van der Waals surface area contributed by atoms with Gasteiger partial charge in [-0.2, -0.15) is 0 Å². The SMILES string of the molecule is CNc1cccc(-c2cc(F)ccc2F)n1. The van der Waals surface area contributed by atoms with Gasteiger partial charge in [-0.1, -0.05) is 6.07 Å². The van der Waals surface area contributed by atoms with Gasteiger partial charge in [-0.15, -0.1) is 0 Å². The molecule has 0 atom stereocenters. The number of anilines is 1. The van der Waals surface area contributed by atoms with E-state index in [-0.39, 0.29) is 5.56 Å². The highest BCUT2D eigenvalue weighted by Crippen LogP contribution is 2.22. The number of hydrogen-bond donors (Lipinski definition) is 1. The molecule has 1 heterocycles. The number of hydrogen-bond acceptors (Lipinski definition) is 2. The van der Waals surface area contributed by atoms with Gasteiger partial charge in [0.05, 0.1) is 5.69 Å². The number of rotatable bonds is 2. The number of nitrogens with zero attached hydrogens (tertiary/aromatic N) is 1. The molecule has 0 amide bonds. The lowest BCUT2D eigenvalue weighted by Crippen LogP contribution is -1.95. The van der Waals surface area contributed by atoms with Gasteiger partial charge in [0.25, 0.3) is 0 Å². The van der Waals surface area contributed by atoms with Crippen molar-refractivity contribution in [2.24, 2.45) is 0 Å². The van der Waals surface area contributed by atoms with Gasteiger partial charge in [0, 0.05) is 12.6 Å². The second kappa shape index (κ2) is 4.26. The topological polar surface area (TPSA) is 24.9 Å². The third-order valence-corrected chi connectivity index (χ3v) is 2.21. The molecule has 2 aromatic rings. The van der Waals surface area contributed by atoms with Crippen molar-refractivity contribution in [2.45, 2.75) is 0 Å². The lowest BCUT2D eigenvalue weighted by Gasteiger charge is -2.05. The van der Waals surface area contributed by atoms with Crippen LogP contribution in [0.3, 0.4) is 0 Å². The van der Waals surface area contributed by atoms with Crippen LogP contribution < -0.4 is 5.32 Å². The quantitative estimate of drug-likeness (QED) is 0.841. The van der Waals surface area contributed by atoms with Crippen molar-refractivity contribution in [3.05, 3.63) is 48.0 Å². The summed E-state index contributed by atoms with van der Waals surface area (Å²) < 4.78 is 26.5. The first-order chi connectivity index (χ1) is 7.70. The minimum Gasteiger partial charge on any atom is -0.373 e. The minimum absolute atomic E-state index is 0.164. The van der Waals surface area contributed by atoms with Crippen LogP contribution in [0.5, 0.6) is 0 Å². The zero-order valence-electron chi connectivity index (χ0n) is 8.67. The van der Waals surface area contributed by atoms with Crippen LogP contribution in [0.25, 0.3) is 11.3 Å². The van der Waals surface area contributed by atoms with Gasteiger partial charge < -0.3 is 5.32 Å². The summed E-state index contributed by atoms with van der Waals surface area (Å²) in [6.07, 6.45) is 0. The first-order valence-electron chi connectivity index (χ1n) is 4.81. The Balaban J connectivity index is 2.53. The van der Waals surface area contributed by atoms with Crippen molar-refractivity contribution in [1.82, 2.24) is 4.98 Å². The zero-order valence-corrected chi connectivity index (χ0v) is 8.67. The summed E-state index contributed by atoms with van der Waals surface area (Å²) in [7, 11) is 1.72. The summed E-state index contributed by atoms with van der Waals surface area (Å²) in [5.41, 5.74) is 0.570. The number of nitrogens with one attached hydrogen (secondary N) is 1. The van der Waals surface area contributed by atoms with Crippen LogP contribution in [0.15, 0.2) is 36.4 Å². The third kappa shape index (κ3) is 2.00. The second-order valence-corrected chi connectivity index (χ2v) is 3.28. The van der Waals surface area contributed by atoms with Crippen LogP contribution in [-0.2, 0) is 0 Å². The van der Waals surface area contributed by atoms with Crippen LogP contribution in [0.2, 0.25) is 0 Å². The molecular weight excluding hydrogens is 210 g/mol. The molecule has 0 aliphatic rings. The zero-order chi connectivity index (χ0) is 11.5. The van der Waals surface area contributed by atoms with Crippen molar-refractivity contribution in [3.8, 4) is 11.3 Å². The highest BCUT2D eigenvalue weighted by molar-refractivity contribution is 5.61. The van der Waals surface area contributed by atoms with Gasteiger partial charge in [0.2, 0.25) is 0 Å². The summed E-state index contributed by atoms with van der Waals surface area (Å²) >= 11 is 0. The molecule has 0 bridgehead atoms. The number of pyridine rings is 1. The first kappa shape index (κ1) is 10.5. The Morgan fingerprint density at radius 2 is 1.94 bits per heavy atom. The minimum atomic E-state index is -0.484. The Morgan fingerprint density at radius 3 is 2.69 bits per heavy atom. The van der Waals surface area contributed by atoms with Gasteiger partial charge in [-0.05, 0) is 30.3 Å². The standard InChI is InChI=1S/C12H10F2N2/c1-15-12-4-2-3-11(16-12)9-7-8(13)5-6-10(9)14/h2-7H,1H3,(H,15,16). The second-order valence-electron chi connectivity index (χ2n) is 3.28. The molecule has 1 N–H and O–H groups in total. The fourth-order valence-corrected chi connectivity index (χ4v) is 1.42. The predicted octanol–water partition coefficient (Wildman–Crippen LogP) is 3.07. The summed E-state index contributed by atoms with van der Waals surface area (Å²) in [6, 6.07) is 8.44. The third-order valence-electron chi connectivity index (χ3n) is 2.21. The Kier molecular flexibility index (Phi) is 2.81. The van der Waals surface area contributed by atoms with Gasteiger partial charge >= 0.3 is 0 Å². The van der Waals surface area contributed by atoms with Crippen molar-refractivity contribution in [1.29, 1.82) is 0 Å². The highest BCUT2D eigenvalue weighted by atomic mass is 19.1. The number of aromatic nitrogens is 1. The van der Waals surface area contributed by atoms with E-state index in [9.17, 15) is 8.78 Å². The molecule has 0 saturated carbocycles. The normalized spacial score (nSPS) is 10.2. The smallest absolute Gasteiger partial charge is 0.132 e. The Labute approximate surface area is 92.0 Å². The van der Waals surface area contributed by atoms with E-state index in [4.69, 9.17) is 0 Å². The Bertz CT molecular complexity index is 512. The fraction of sp³-hybridized carbons (Fsp3) is 0.0833. The molecule has 0 fully saturated rings. The van der Waals surface area contributed by atoms with E-state index >= 15 is 0 Å². The maximum Gasteiger partial charge on any atom is 0.132 e. The van der Waals surface area contributed by atoms with Crippen molar-refractivity contribution >= 4 is 5.82 Å². The van der Waals surface area contributed by atoms with Gasteiger partial charge in [0.15, 0.2) is 0 Å². The molecule has 0 radical (unpaired) electrons. The van der Waals surface area contributed by atoms with Gasteiger partial charge in [-0.25, -0.2) is 13.8 Å². The largest absolute Gasteiger partial charge is 0.373 e. The molecule has 0 unspecified atom stereocenters. The summed E-state index contributed by atoms with van der Waals surface area (Å²) in [6.45, 7) is 0. The molecule has 1 aromatic heterocycles. The summed E-state index contributed by atoms with van der Waals surface area (Å²) in [4.78, 5) is 4.15. The first-order valence-corrected chi connectivity index (χ1v) is 4.81. The molecule has 0 saturated heterocycles. The van der Waals surface area contributed by atoms with E-state index in [0.717, 1.165) is 18.2 Å². The van der Waals surface area contributed by atoms with Crippen molar-refractivity contribution < 1.29 is 8.78 Å². The van der Waals surface area contributed by atoms with E-state index in [2.05, 4.69) is 10.3 Å². The average molecular weight is 220 g/mol. The van der Waals surface area contributed by atoms with E-state index in [1.165, 1.54) is 0 Å². The molecule has 1 aromatic carbocycles. The van der Waals surface area contributed by atoms with Crippen LogP contribution >= 0.6 is 0 Å². The number of halogens is 2. The van der Waals surface area contributed by atoms with E-state index in [0.29, 0.717) is 11.5 Å². The average Bonchev–Trinajstić information content (AvgIpc) is 2.32. The molecule has 16 heavy (non-hydrogen) atoms. The molecule has 4 heteroatoms. The Morgan fingerprint density at radius 1 is 1.12 bits per heavy atom.